The standard InChI is InChI=1S/C33H54N4O12.Gd/c1-2-3-20-49-25-10-8-24(9-11-25)6-4-5-7-26(30(41)42)34-12-14-35(27(21-38)31(43)44)16-18-37(29(23-40)33(47)48)19-17-36(15-13-34)28(22-39)32(45)46;/h8-11,26-29,38-40H,2-7,12-23H2,1H3,(H,41,42)(H,43,44)(H,45,46)(H,47,48);/t26-,27-,28-,29-;/m0./s1. The van der Waals surface area contributed by atoms with E-state index in [-0.39, 0.29) is 98.7 Å². The van der Waals surface area contributed by atoms with Gasteiger partial charge in [0.15, 0.2) is 0 Å². The Balaban J connectivity index is 0.0000125. The molecule has 4 atom stereocenters. The molecule has 1 saturated heterocycles. The fraction of sp³-hybridized carbons (Fsp3) is 0.697. The maximum atomic E-state index is 12.6. The van der Waals surface area contributed by atoms with Crippen LogP contribution in [0.2, 0.25) is 0 Å². The first-order valence-electron chi connectivity index (χ1n) is 16.9. The van der Waals surface area contributed by atoms with Crippen molar-refractivity contribution in [1.82, 2.24) is 19.6 Å². The Hall–Kier alpha value is -2.06. The van der Waals surface area contributed by atoms with Gasteiger partial charge in [-0.2, -0.15) is 0 Å². The van der Waals surface area contributed by atoms with Gasteiger partial charge in [0.2, 0.25) is 0 Å². The van der Waals surface area contributed by atoms with Crippen molar-refractivity contribution >= 4 is 23.9 Å². The van der Waals surface area contributed by atoms with Crippen LogP contribution in [-0.4, -0.2) is 182 Å². The molecule has 0 saturated carbocycles. The number of aryl methyl sites for hydroxylation is 1. The maximum absolute atomic E-state index is 12.6. The third-order valence-electron chi connectivity index (χ3n) is 9.00. The maximum Gasteiger partial charge on any atom is 0.323 e. The van der Waals surface area contributed by atoms with Gasteiger partial charge in [-0.25, -0.2) is 0 Å². The van der Waals surface area contributed by atoms with Gasteiger partial charge >= 0.3 is 23.9 Å². The topological polar surface area (TPSA) is 232 Å². The molecule has 1 aliphatic heterocycles. The van der Waals surface area contributed by atoms with Gasteiger partial charge < -0.3 is 40.5 Å². The minimum absolute atomic E-state index is 0. The summed E-state index contributed by atoms with van der Waals surface area (Å²) in [6.45, 7) is 0.410. The summed E-state index contributed by atoms with van der Waals surface area (Å²) in [5.41, 5.74) is 1.08. The molecule has 1 heterocycles. The number of benzene rings is 1. The van der Waals surface area contributed by atoms with Crippen LogP contribution in [0.5, 0.6) is 5.75 Å². The Labute approximate surface area is 325 Å². The third-order valence-corrected chi connectivity index (χ3v) is 9.00. The number of unbranched alkanes of at least 4 members (excludes halogenated alkanes) is 2. The minimum Gasteiger partial charge on any atom is -0.494 e. The van der Waals surface area contributed by atoms with E-state index in [1.54, 1.807) is 4.90 Å². The van der Waals surface area contributed by atoms with Crippen molar-refractivity contribution in [2.75, 3.05) is 78.8 Å². The normalized spacial score (nSPS) is 18.4. The van der Waals surface area contributed by atoms with Crippen molar-refractivity contribution in [2.45, 2.75) is 69.6 Å². The first-order chi connectivity index (χ1) is 23.5. The van der Waals surface area contributed by atoms with E-state index in [2.05, 4.69) is 6.92 Å². The van der Waals surface area contributed by atoms with E-state index in [0.717, 1.165) is 30.6 Å². The van der Waals surface area contributed by atoms with Gasteiger partial charge in [-0.1, -0.05) is 31.9 Å². The summed E-state index contributed by atoms with van der Waals surface area (Å²) in [5.74, 6) is -4.24. The molecule has 7 N–H and O–H groups in total. The summed E-state index contributed by atoms with van der Waals surface area (Å²) in [7, 11) is 0. The fourth-order valence-corrected chi connectivity index (χ4v) is 5.99. The zero-order chi connectivity index (χ0) is 36.3. The molecule has 0 aromatic heterocycles. The van der Waals surface area contributed by atoms with E-state index >= 15 is 0 Å². The van der Waals surface area contributed by atoms with E-state index in [1.165, 1.54) is 14.7 Å². The van der Waals surface area contributed by atoms with Crippen LogP contribution in [0.1, 0.15) is 44.6 Å². The van der Waals surface area contributed by atoms with Crippen molar-refractivity contribution in [3.63, 3.8) is 0 Å². The van der Waals surface area contributed by atoms with Gasteiger partial charge in [0.25, 0.3) is 0 Å². The van der Waals surface area contributed by atoms with E-state index in [1.807, 2.05) is 24.3 Å². The van der Waals surface area contributed by atoms with Crippen LogP contribution >= 0.6 is 0 Å². The summed E-state index contributed by atoms with van der Waals surface area (Å²) in [6.07, 6.45) is 4.26. The van der Waals surface area contributed by atoms with Crippen LogP contribution in [-0.2, 0) is 25.6 Å². The minimum atomic E-state index is -1.37. The van der Waals surface area contributed by atoms with Crippen LogP contribution in [0.3, 0.4) is 0 Å². The van der Waals surface area contributed by atoms with Gasteiger partial charge in [-0.3, -0.25) is 38.8 Å². The number of hydrogen-bond acceptors (Lipinski definition) is 12. The zero-order valence-corrected chi connectivity index (χ0v) is 30.9. The number of aliphatic carboxylic acids is 4. The average molecular weight is 856 g/mol. The van der Waals surface area contributed by atoms with Gasteiger partial charge in [0, 0.05) is 92.3 Å². The molecule has 0 bridgehead atoms. The summed E-state index contributed by atoms with van der Waals surface area (Å²) in [6, 6.07) is 2.74. The SMILES string of the molecule is CCCCOc1ccc(CCCC[C@@H](C(=O)O)N2CCN([C@@H](CO)C(=O)O)CCN([C@@H](CO)C(=O)O)CCN([C@@H](CO)C(=O)O)CC2)cc1.[Gd]. The summed E-state index contributed by atoms with van der Waals surface area (Å²) < 4.78 is 5.71. The van der Waals surface area contributed by atoms with E-state index in [9.17, 15) is 54.9 Å². The smallest absolute Gasteiger partial charge is 0.323 e. The van der Waals surface area contributed by atoms with Crippen LogP contribution in [0, 0.1) is 39.9 Å². The molecule has 0 radical (unpaired) electrons. The molecule has 286 valence electrons. The van der Waals surface area contributed by atoms with Gasteiger partial charge in [0.1, 0.15) is 29.9 Å². The molecular formula is C33H54GdN4O12. The predicted octanol–water partition coefficient (Wildman–Crippen LogP) is -0.410. The third kappa shape index (κ3) is 15.3. The van der Waals surface area contributed by atoms with Crippen molar-refractivity contribution < 1.29 is 99.6 Å². The number of rotatable bonds is 20. The quantitative estimate of drug-likeness (QED) is 0.0827. The number of ether oxygens (including phenoxy) is 1. The summed E-state index contributed by atoms with van der Waals surface area (Å²) >= 11 is 0. The number of aliphatic hydroxyl groups is 3. The monoisotopic (exact) mass is 856 g/mol. The Bertz CT molecular complexity index is 1130. The molecule has 1 fully saturated rings. The molecular weight excluding hydrogens is 802 g/mol. The van der Waals surface area contributed by atoms with Gasteiger partial charge in [-0.05, 0) is 43.4 Å². The van der Waals surface area contributed by atoms with Crippen LogP contribution < -0.4 is 4.74 Å². The Morgan fingerprint density at radius 1 is 0.600 bits per heavy atom. The number of carboxylic acid groups (broad SMARTS) is 4. The fourth-order valence-electron chi connectivity index (χ4n) is 5.99. The Morgan fingerprint density at radius 3 is 1.28 bits per heavy atom. The molecule has 17 heteroatoms. The predicted molar refractivity (Wildman–Crippen MR) is 178 cm³/mol. The van der Waals surface area contributed by atoms with Crippen molar-refractivity contribution in [2.24, 2.45) is 0 Å². The molecule has 50 heavy (non-hydrogen) atoms. The van der Waals surface area contributed by atoms with Crippen molar-refractivity contribution in [3.8, 4) is 5.75 Å². The van der Waals surface area contributed by atoms with Crippen molar-refractivity contribution in [3.05, 3.63) is 29.8 Å². The number of nitrogens with zero attached hydrogens (tertiary/aromatic N) is 4. The second-order valence-corrected chi connectivity index (χ2v) is 12.2. The van der Waals surface area contributed by atoms with Crippen molar-refractivity contribution in [1.29, 1.82) is 0 Å². The molecule has 0 amide bonds. The number of carbonyl (C=O) groups is 4. The Kier molecular flexibility index (Phi) is 23.0. The number of aliphatic hydroxyl groups excluding tert-OH is 3. The molecule has 1 aliphatic rings. The van der Waals surface area contributed by atoms with Gasteiger partial charge in [0.05, 0.1) is 26.4 Å². The summed E-state index contributed by atoms with van der Waals surface area (Å²) in [5, 5.41) is 69.3. The molecule has 2 rings (SSSR count). The first kappa shape index (κ1) is 46.0. The first-order valence-corrected chi connectivity index (χ1v) is 16.9. The second kappa shape index (κ2) is 25.0. The largest absolute Gasteiger partial charge is 0.494 e. The second-order valence-electron chi connectivity index (χ2n) is 12.2. The molecule has 1 aromatic rings. The summed E-state index contributed by atoms with van der Waals surface area (Å²) in [4.78, 5) is 54.6. The number of carboxylic acids is 4. The molecule has 0 aliphatic carbocycles. The van der Waals surface area contributed by atoms with E-state index < -0.39 is 67.9 Å². The van der Waals surface area contributed by atoms with E-state index in [4.69, 9.17) is 4.74 Å². The van der Waals surface area contributed by atoms with Crippen LogP contribution in [0.15, 0.2) is 24.3 Å². The van der Waals surface area contributed by atoms with Crippen LogP contribution in [0.25, 0.3) is 0 Å². The zero-order valence-electron chi connectivity index (χ0n) is 28.7. The van der Waals surface area contributed by atoms with Crippen LogP contribution in [0.4, 0.5) is 0 Å². The Morgan fingerprint density at radius 2 is 0.960 bits per heavy atom. The molecule has 16 nitrogen and oxygen atoms in total. The van der Waals surface area contributed by atoms with Gasteiger partial charge in [-0.15, -0.1) is 0 Å². The average Bonchev–Trinajstić information content (AvgIpc) is 3.05. The van der Waals surface area contributed by atoms with E-state index in [0.29, 0.717) is 19.4 Å². The molecule has 0 unspecified atom stereocenters. The molecule has 0 spiro atoms. The molecule has 1 aromatic carbocycles. The number of hydrogen-bond donors (Lipinski definition) is 7.